The van der Waals surface area contributed by atoms with Crippen LogP contribution < -0.4 is 0 Å². The van der Waals surface area contributed by atoms with E-state index >= 15 is 0 Å². The molecule has 0 atom stereocenters. The molecule has 2 rings (SSSR count). The van der Waals surface area contributed by atoms with Crippen LogP contribution in [0.3, 0.4) is 0 Å². The van der Waals surface area contributed by atoms with E-state index in [2.05, 4.69) is 17.5 Å². The molecule has 0 radical (unpaired) electrons. The van der Waals surface area contributed by atoms with E-state index in [1.54, 1.807) is 0 Å². The standard InChI is InChI=1S/C14H27NS/c16-13-14(8-4-3-5-9-14)12-15-10-6-1-2-7-11-15/h16H,1-13H2. The number of hydrogen-bond donors (Lipinski definition) is 1. The highest BCUT2D eigenvalue weighted by atomic mass is 32.1. The Hall–Kier alpha value is 0.310. The molecule has 0 N–H and O–H groups in total. The van der Waals surface area contributed by atoms with E-state index in [-0.39, 0.29) is 0 Å². The molecule has 94 valence electrons. The Balaban J connectivity index is 1.88. The summed E-state index contributed by atoms with van der Waals surface area (Å²) in [7, 11) is 0. The maximum atomic E-state index is 4.65. The second-order valence-electron chi connectivity index (χ2n) is 5.91. The van der Waals surface area contributed by atoms with Crippen LogP contribution >= 0.6 is 12.6 Å². The molecule has 0 aromatic rings. The summed E-state index contributed by atoms with van der Waals surface area (Å²) < 4.78 is 0. The molecule has 0 amide bonds. The van der Waals surface area contributed by atoms with Gasteiger partial charge in [-0.1, -0.05) is 32.1 Å². The Morgan fingerprint density at radius 3 is 1.94 bits per heavy atom. The Labute approximate surface area is 106 Å². The minimum Gasteiger partial charge on any atom is -0.303 e. The first-order chi connectivity index (χ1) is 7.85. The summed E-state index contributed by atoms with van der Waals surface area (Å²) in [6.45, 7) is 4.02. The lowest BCUT2D eigenvalue weighted by Crippen LogP contribution is -2.41. The van der Waals surface area contributed by atoms with Gasteiger partial charge >= 0.3 is 0 Å². The monoisotopic (exact) mass is 241 g/mol. The first-order valence-corrected chi connectivity index (χ1v) is 7.81. The molecule has 0 bridgehead atoms. The molecular formula is C14H27NS. The third-order valence-corrected chi connectivity index (χ3v) is 5.18. The van der Waals surface area contributed by atoms with Gasteiger partial charge in [0.15, 0.2) is 0 Å². The third kappa shape index (κ3) is 3.40. The van der Waals surface area contributed by atoms with Crippen LogP contribution in [0.25, 0.3) is 0 Å². The van der Waals surface area contributed by atoms with Crippen molar-refractivity contribution in [1.29, 1.82) is 0 Å². The highest BCUT2D eigenvalue weighted by molar-refractivity contribution is 7.80. The lowest BCUT2D eigenvalue weighted by Gasteiger charge is -2.40. The van der Waals surface area contributed by atoms with Crippen LogP contribution in [0, 0.1) is 5.41 Å². The van der Waals surface area contributed by atoms with Gasteiger partial charge in [0.1, 0.15) is 0 Å². The number of nitrogens with zero attached hydrogens (tertiary/aromatic N) is 1. The molecule has 1 heterocycles. The van der Waals surface area contributed by atoms with Gasteiger partial charge in [0.2, 0.25) is 0 Å². The molecule has 16 heavy (non-hydrogen) atoms. The van der Waals surface area contributed by atoms with Crippen molar-refractivity contribution in [3.05, 3.63) is 0 Å². The first kappa shape index (κ1) is 12.8. The average molecular weight is 241 g/mol. The zero-order chi connectivity index (χ0) is 11.3. The number of hydrogen-bond acceptors (Lipinski definition) is 2. The lowest BCUT2D eigenvalue weighted by atomic mass is 9.75. The molecule has 0 aromatic heterocycles. The molecule has 2 heteroatoms. The lowest BCUT2D eigenvalue weighted by molar-refractivity contribution is 0.128. The molecule has 2 aliphatic rings. The van der Waals surface area contributed by atoms with Gasteiger partial charge in [-0.05, 0) is 49.9 Å². The summed E-state index contributed by atoms with van der Waals surface area (Å²) in [5, 5.41) is 0. The van der Waals surface area contributed by atoms with Gasteiger partial charge in [-0.25, -0.2) is 0 Å². The van der Waals surface area contributed by atoms with Crippen LogP contribution in [0.5, 0.6) is 0 Å². The Kier molecular flexibility index (Phi) is 5.02. The fourth-order valence-corrected chi connectivity index (χ4v) is 3.85. The van der Waals surface area contributed by atoms with Crippen molar-refractivity contribution < 1.29 is 0 Å². The molecule has 1 nitrogen and oxygen atoms in total. The maximum Gasteiger partial charge on any atom is 0.00458 e. The Morgan fingerprint density at radius 1 is 0.812 bits per heavy atom. The van der Waals surface area contributed by atoms with Crippen molar-refractivity contribution in [2.75, 3.05) is 25.4 Å². The summed E-state index contributed by atoms with van der Waals surface area (Å²) in [6.07, 6.45) is 12.9. The van der Waals surface area contributed by atoms with Crippen molar-refractivity contribution in [3.63, 3.8) is 0 Å². The second kappa shape index (κ2) is 6.30. The summed E-state index contributed by atoms with van der Waals surface area (Å²) in [6, 6.07) is 0. The van der Waals surface area contributed by atoms with Crippen LogP contribution in [-0.2, 0) is 0 Å². The molecule has 1 saturated carbocycles. The highest BCUT2D eigenvalue weighted by Crippen LogP contribution is 2.38. The van der Waals surface area contributed by atoms with Crippen LogP contribution in [0.1, 0.15) is 57.8 Å². The van der Waals surface area contributed by atoms with Crippen LogP contribution in [0.15, 0.2) is 0 Å². The normalized spacial score (nSPS) is 27.6. The quantitative estimate of drug-likeness (QED) is 0.737. The number of likely N-dealkylation sites (tertiary alicyclic amines) is 1. The molecule has 2 fully saturated rings. The van der Waals surface area contributed by atoms with Gasteiger partial charge in [0.05, 0.1) is 0 Å². The second-order valence-corrected chi connectivity index (χ2v) is 6.23. The topological polar surface area (TPSA) is 3.24 Å². The molecular weight excluding hydrogens is 214 g/mol. The fourth-order valence-electron chi connectivity index (χ4n) is 3.44. The average Bonchev–Trinajstić information content (AvgIpc) is 2.59. The number of rotatable bonds is 3. The minimum absolute atomic E-state index is 0.561. The SMILES string of the molecule is SCC1(CN2CCCCCC2)CCCCC1. The van der Waals surface area contributed by atoms with E-state index in [1.165, 1.54) is 77.4 Å². The molecule has 0 aromatic carbocycles. The van der Waals surface area contributed by atoms with Crippen LogP contribution in [0.2, 0.25) is 0 Å². The van der Waals surface area contributed by atoms with Gasteiger partial charge in [0.25, 0.3) is 0 Å². The van der Waals surface area contributed by atoms with Crippen molar-refractivity contribution in [3.8, 4) is 0 Å². The van der Waals surface area contributed by atoms with Crippen molar-refractivity contribution >= 4 is 12.6 Å². The molecule has 0 unspecified atom stereocenters. The van der Waals surface area contributed by atoms with Crippen LogP contribution in [0.4, 0.5) is 0 Å². The van der Waals surface area contributed by atoms with Gasteiger partial charge in [-0.2, -0.15) is 12.6 Å². The Bertz CT molecular complexity index is 191. The third-order valence-electron chi connectivity index (χ3n) is 4.51. The van der Waals surface area contributed by atoms with Crippen LogP contribution in [-0.4, -0.2) is 30.3 Å². The minimum atomic E-state index is 0.561. The predicted octanol–water partition coefficient (Wildman–Crippen LogP) is 3.74. The molecule has 1 saturated heterocycles. The van der Waals surface area contributed by atoms with E-state index in [0.717, 1.165) is 5.75 Å². The van der Waals surface area contributed by atoms with E-state index in [9.17, 15) is 0 Å². The van der Waals surface area contributed by atoms with E-state index in [4.69, 9.17) is 0 Å². The molecule has 1 aliphatic heterocycles. The predicted molar refractivity (Wildman–Crippen MR) is 74.3 cm³/mol. The zero-order valence-corrected chi connectivity index (χ0v) is 11.5. The van der Waals surface area contributed by atoms with Gasteiger partial charge < -0.3 is 4.90 Å². The first-order valence-electron chi connectivity index (χ1n) is 7.18. The highest BCUT2D eigenvalue weighted by Gasteiger charge is 2.32. The van der Waals surface area contributed by atoms with Gasteiger partial charge in [0, 0.05) is 6.54 Å². The maximum absolute atomic E-state index is 4.65. The van der Waals surface area contributed by atoms with Crippen molar-refractivity contribution in [1.82, 2.24) is 4.90 Å². The molecule has 0 spiro atoms. The fraction of sp³-hybridized carbons (Fsp3) is 1.00. The Morgan fingerprint density at radius 2 is 1.38 bits per heavy atom. The number of thiol groups is 1. The van der Waals surface area contributed by atoms with E-state index in [1.807, 2.05) is 0 Å². The summed E-state index contributed by atoms with van der Waals surface area (Å²) in [5.41, 5.74) is 0.561. The summed E-state index contributed by atoms with van der Waals surface area (Å²) >= 11 is 4.65. The summed E-state index contributed by atoms with van der Waals surface area (Å²) in [4.78, 5) is 2.73. The smallest absolute Gasteiger partial charge is 0.00458 e. The van der Waals surface area contributed by atoms with Gasteiger partial charge in [-0.3, -0.25) is 0 Å². The van der Waals surface area contributed by atoms with E-state index in [0.29, 0.717) is 5.41 Å². The van der Waals surface area contributed by atoms with Gasteiger partial charge in [-0.15, -0.1) is 0 Å². The van der Waals surface area contributed by atoms with Crippen molar-refractivity contribution in [2.45, 2.75) is 57.8 Å². The summed E-state index contributed by atoms with van der Waals surface area (Å²) in [5.74, 6) is 1.10. The molecule has 1 aliphatic carbocycles. The van der Waals surface area contributed by atoms with Crippen molar-refractivity contribution in [2.24, 2.45) is 5.41 Å². The zero-order valence-electron chi connectivity index (χ0n) is 10.6. The largest absolute Gasteiger partial charge is 0.303 e. The van der Waals surface area contributed by atoms with E-state index < -0.39 is 0 Å².